The highest BCUT2D eigenvalue weighted by molar-refractivity contribution is 5.72. The molecule has 1 atom stereocenters. The molecule has 5 heteroatoms. The van der Waals surface area contributed by atoms with Crippen LogP contribution in [0.25, 0.3) is 0 Å². The Morgan fingerprint density at radius 2 is 1.89 bits per heavy atom. The summed E-state index contributed by atoms with van der Waals surface area (Å²) in [4.78, 5) is 13.1. The second-order valence-corrected chi connectivity index (χ2v) is 4.61. The van der Waals surface area contributed by atoms with Crippen molar-refractivity contribution in [1.82, 2.24) is 4.90 Å². The van der Waals surface area contributed by atoms with Gasteiger partial charge in [-0.15, -0.1) is 0 Å². The SMILES string of the molecule is CC(CN(C)CC(F)F)C(=O)OCc1ccccc1. The minimum absolute atomic E-state index is 0.211. The molecule has 0 N–H and O–H groups in total. The maximum absolute atomic E-state index is 12.1. The quantitative estimate of drug-likeness (QED) is 0.714. The standard InChI is InChI=1S/C14H19F2NO2/c1-11(8-17(2)9-13(15)16)14(18)19-10-12-6-4-3-5-7-12/h3-7,11,13H,8-10H2,1-2H3. The fourth-order valence-electron chi connectivity index (χ4n) is 1.72. The molecule has 0 aliphatic rings. The van der Waals surface area contributed by atoms with Crippen molar-refractivity contribution in [3.05, 3.63) is 35.9 Å². The maximum atomic E-state index is 12.1. The average molecular weight is 271 g/mol. The van der Waals surface area contributed by atoms with Gasteiger partial charge in [-0.05, 0) is 12.6 Å². The molecule has 106 valence electrons. The largest absolute Gasteiger partial charge is 0.461 e. The van der Waals surface area contributed by atoms with Gasteiger partial charge in [0.15, 0.2) is 0 Å². The van der Waals surface area contributed by atoms with Crippen molar-refractivity contribution in [3.8, 4) is 0 Å². The molecule has 0 aromatic heterocycles. The summed E-state index contributed by atoms with van der Waals surface area (Å²) < 4.78 is 29.4. The highest BCUT2D eigenvalue weighted by Gasteiger charge is 2.18. The average Bonchev–Trinajstić information content (AvgIpc) is 2.36. The predicted molar refractivity (Wildman–Crippen MR) is 68.9 cm³/mol. The van der Waals surface area contributed by atoms with Crippen LogP contribution in [0.5, 0.6) is 0 Å². The molecule has 1 aromatic carbocycles. The van der Waals surface area contributed by atoms with E-state index in [1.54, 1.807) is 14.0 Å². The van der Waals surface area contributed by atoms with Crippen LogP contribution in [0.15, 0.2) is 30.3 Å². The van der Waals surface area contributed by atoms with Gasteiger partial charge in [0.05, 0.1) is 12.5 Å². The predicted octanol–water partition coefficient (Wildman–Crippen LogP) is 2.56. The topological polar surface area (TPSA) is 29.5 Å². The van der Waals surface area contributed by atoms with E-state index in [2.05, 4.69) is 0 Å². The van der Waals surface area contributed by atoms with Crippen LogP contribution in [-0.2, 0) is 16.1 Å². The molecule has 0 heterocycles. The summed E-state index contributed by atoms with van der Waals surface area (Å²) in [5.41, 5.74) is 0.906. The zero-order valence-electron chi connectivity index (χ0n) is 11.2. The number of nitrogens with zero attached hydrogens (tertiary/aromatic N) is 1. The lowest BCUT2D eigenvalue weighted by Crippen LogP contribution is -2.32. The molecule has 1 rings (SSSR count). The van der Waals surface area contributed by atoms with Crippen molar-refractivity contribution >= 4 is 5.97 Å². The minimum atomic E-state index is -2.39. The van der Waals surface area contributed by atoms with Crippen molar-refractivity contribution in [2.75, 3.05) is 20.1 Å². The van der Waals surface area contributed by atoms with Gasteiger partial charge in [-0.1, -0.05) is 37.3 Å². The number of carbonyl (C=O) groups excluding carboxylic acids is 1. The maximum Gasteiger partial charge on any atom is 0.310 e. The normalized spacial score (nSPS) is 12.7. The van der Waals surface area contributed by atoms with Crippen LogP contribution >= 0.6 is 0 Å². The Morgan fingerprint density at radius 1 is 1.26 bits per heavy atom. The summed E-state index contributed by atoms with van der Waals surface area (Å²) in [5.74, 6) is -0.794. The molecule has 0 fully saturated rings. The molecule has 0 aliphatic heterocycles. The van der Waals surface area contributed by atoms with E-state index in [-0.39, 0.29) is 25.7 Å². The number of alkyl halides is 2. The van der Waals surface area contributed by atoms with Crippen molar-refractivity contribution in [1.29, 1.82) is 0 Å². The molecule has 0 aliphatic carbocycles. The van der Waals surface area contributed by atoms with Crippen LogP contribution in [0.4, 0.5) is 8.78 Å². The Morgan fingerprint density at radius 3 is 2.47 bits per heavy atom. The van der Waals surface area contributed by atoms with Gasteiger partial charge in [0.25, 0.3) is 6.43 Å². The third kappa shape index (κ3) is 6.29. The number of rotatable bonds is 7. The first-order valence-corrected chi connectivity index (χ1v) is 6.16. The molecule has 0 spiro atoms. The van der Waals surface area contributed by atoms with Gasteiger partial charge in [-0.3, -0.25) is 9.69 Å². The second kappa shape index (κ2) is 7.84. The third-order valence-electron chi connectivity index (χ3n) is 2.66. The van der Waals surface area contributed by atoms with Crippen LogP contribution in [0, 0.1) is 5.92 Å². The fraction of sp³-hybridized carbons (Fsp3) is 0.500. The zero-order chi connectivity index (χ0) is 14.3. The Labute approximate surface area is 112 Å². The van der Waals surface area contributed by atoms with Gasteiger partial charge >= 0.3 is 5.97 Å². The minimum Gasteiger partial charge on any atom is -0.461 e. The van der Waals surface area contributed by atoms with Gasteiger partial charge in [0.2, 0.25) is 0 Å². The summed E-state index contributed by atoms with van der Waals surface area (Å²) in [5, 5.41) is 0. The number of hydrogen-bond acceptors (Lipinski definition) is 3. The van der Waals surface area contributed by atoms with E-state index in [9.17, 15) is 13.6 Å². The monoisotopic (exact) mass is 271 g/mol. The highest BCUT2D eigenvalue weighted by atomic mass is 19.3. The van der Waals surface area contributed by atoms with E-state index in [0.717, 1.165) is 5.56 Å². The number of benzene rings is 1. The number of carbonyl (C=O) groups is 1. The van der Waals surface area contributed by atoms with Crippen LogP contribution in [0.3, 0.4) is 0 Å². The summed E-state index contributed by atoms with van der Waals surface area (Å²) in [6.45, 7) is 1.81. The van der Waals surface area contributed by atoms with Crippen LogP contribution < -0.4 is 0 Å². The molecular formula is C14H19F2NO2. The summed E-state index contributed by atoms with van der Waals surface area (Å²) >= 11 is 0. The first-order valence-electron chi connectivity index (χ1n) is 6.16. The molecule has 0 amide bonds. The Kier molecular flexibility index (Phi) is 6.42. The van der Waals surface area contributed by atoms with Crippen LogP contribution in [0.2, 0.25) is 0 Å². The molecule has 0 radical (unpaired) electrons. The van der Waals surface area contributed by atoms with Gasteiger partial charge in [0, 0.05) is 6.54 Å². The van der Waals surface area contributed by atoms with E-state index >= 15 is 0 Å². The van der Waals surface area contributed by atoms with Crippen molar-refractivity contribution in [2.24, 2.45) is 5.92 Å². The Hall–Kier alpha value is -1.49. The molecular weight excluding hydrogens is 252 g/mol. The molecule has 0 saturated heterocycles. The molecule has 0 bridgehead atoms. The number of hydrogen-bond donors (Lipinski definition) is 0. The van der Waals surface area contributed by atoms with E-state index in [4.69, 9.17) is 4.74 Å². The van der Waals surface area contributed by atoms with Crippen LogP contribution in [0.1, 0.15) is 12.5 Å². The Balaban J connectivity index is 2.32. The van der Waals surface area contributed by atoms with Gasteiger partial charge in [-0.2, -0.15) is 0 Å². The zero-order valence-corrected chi connectivity index (χ0v) is 11.2. The van der Waals surface area contributed by atoms with Gasteiger partial charge in [-0.25, -0.2) is 8.78 Å². The van der Waals surface area contributed by atoms with E-state index in [0.29, 0.717) is 0 Å². The number of esters is 1. The van der Waals surface area contributed by atoms with E-state index in [1.165, 1.54) is 4.90 Å². The van der Waals surface area contributed by atoms with Gasteiger partial charge in [0.1, 0.15) is 6.61 Å². The lowest BCUT2D eigenvalue weighted by atomic mass is 10.1. The highest BCUT2D eigenvalue weighted by Crippen LogP contribution is 2.07. The first-order chi connectivity index (χ1) is 8.99. The van der Waals surface area contributed by atoms with E-state index < -0.39 is 12.3 Å². The molecule has 3 nitrogen and oxygen atoms in total. The molecule has 0 saturated carbocycles. The van der Waals surface area contributed by atoms with Crippen molar-refractivity contribution in [2.45, 2.75) is 20.0 Å². The smallest absolute Gasteiger partial charge is 0.310 e. The number of halogens is 2. The molecule has 1 aromatic rings. The van der Waals surface area contributed by atoms with Crippen molar-refractivity contribution < 1.29 is 18.3 Å². The lowest BCUT2D eigenvalue weighted by Gasteiger charge is -2.19. The lowest BCUT2D eigenvalue weighted by molar-refractivity contribution is -0.150. The van der Waals surface area contributed by atoms with E-state index in [1.807, 2.05) is 30.3 Å². The Bertz CT molecular complexity index is 384. The van der Waals surface area contributed by atoms with Crippen molar-refractivity contribution in [3.63, 3.8) is 0 Å². The van der Waals surface area contributed by atoms with Gasteiger partial charge < -0.3 is 4.74 Å². The third-order valence-corrected chi connectivity index (χ3v) is 2.66. The number of ether oxygens (including phenoxy) is 1. The summed E-state index contributed by atoms with van der Waals surface area (Å²) in [6.07, 6.45) is -2.39. The molecule has 1 unspecified atom stereocenters. The summed E-state index contributed by atoms with van der Waals surface area (Å²) in [7, 11) is 1.56. The second-order valence-electron chi connectivity index (χ2n) is 4.61. The molecule has 19 heavy (non-hydrogen) atoms. The summed E-state index contributed by atoms with van der Waals surface area (Å²) in [6, 6.07) is 9.33. The fourth-order valence-corrected chi connectivity index (χ4v) is 1.72. The van der Waals surface area contributed by atoms with Crippen LogP contribution in [-0.4, -0.2) is 37.4 Å². The first kappa shape index (κ1) is 15.6.